The average molecular weight is 409 g/mol. The van der Waals surface area contributed by atoms with Gasteiger partial charge in [0.1, 0.15) is 5.82 Å². The van der Waals surface area contributed by atoms with Crippen LogP contribution in [0.1, 0.15) is 27.6 Å². The molecule has 3 aromatic rings. The van der Waals surface area contributed by atoms with Crippen molar-refractivity contribution in [2.45, 2.75) is 39.4 Å². The summed E-state index contributed by atoms with van der Waals surface area (Å²) in [6.45, 7) is 6.00. The van der Waals surface area contributed by atoms with Crippen molar-refractivity contribution in [2.24, 2.45) is 5.41 Å². The number of hydrogen-bond donors (Lipinski definition) is 0. The van der Waals surface area contributed by atoms with Crippen LogP contribution in [0.5, 0.6) is 0 Å². The van der Waals surface area contributed by atoms with Crippen LogP contribution in [0.2, 0.25) is 0 Å². The normalized spacial score (nSPS) is 21.1. The Morgan fingerprint density at radius 2 is 1.86 bits per heavy atom. The predicted molar refractivity (Wildman–Crippen MR) is 113 cm³/mol. The molecule has 1 spiro atoms. The molecule has 0 aliphatic carbocycles. The van der Waals surface area contributed by atoms with E-state index in [4.69, 9.17) is 0 Å². The molecule has 1 saturated heterocycles. The Morgan fingerprint density at radius 3 is 2.62 bits per heavy atom. The number of benzene rings is 1. The van der Waals surface area contributed by atoms with Gasteiger partial charge in [-0.05, 0) is 37.6 Å². The maximum Gasteiger partial charge on any atom is 0.332 e. The number of nitrogens with zero attached hydrogens (tertiary/aromatic N) is 4. The van der Waals surface area contributed by atoms with Gasteiger partial charge in [0.2, 0.25) is 0 Å². The third kappa shape index (κ3) is 3.49. The van der Waals surface area contributed by atoms with Crippen molar-refractivity contribution < 1.29 is 0 Å². The number of hydrogen-bond acceptors (Lipinski definition) is 5. The van der Waals surface area contributed by atoms with E-state index in [-0.39, 0.29) is 5.41 Å². The van der Waals surface area contributed by atoms with E-state index >= 15 is 0 Å². The summed E-state index contributed by atoms with van der Waals surface area (Å²) in [7, 11) is 0. The predicted octanol–water partition coefficient (Wildman–Crippen LogP) is 2.27. The molecule has 0 amide bonds. The third-order valence-electron chi connectivity index (χ3n) is 6.10. The molecule has 1 atom stereocenters. The highest BCUT2D eigenvalue weighted by Crippen LogP contribution is 2.39. The molecule has 1 unspecified atom stereocenters. The molecule has 2 aromatic heterocycles. The fraction of sp³-hybridized carbons (Fsp3) is 0.409. The molecular weight excluding hydrogens is 384 g/mol. The zero-order chi connectivity index (χ0) is 20.0. The van der Waals surface area contributed by atoms with Crippen molar-refractivity contribution in [3.05, 3.63) is 84.3 Å². The fourth-order valence-corrected chi connectivity index (χ4v) is 5.63. The van der Waals surface area contributed by atoms with Gasteiger partial charge >= 0.3 is 11.1 Å². The fourth-order valence-electron chi connectivity index (χ4n) is 4.69. The van der Waals surface area contributed by atoms with E-state index in [0.717, 1.165) is 43.9 Å². The molecular formula is C22H24N4O2S. The summed E-state index contributed by atoms with van der Waals surface area (Å²) < 4.78 is 2.96. The summed E-state index contributed by atoms with van der Waals surface area (Å²) in [4.78, 5) is 30.6. The van der Waals surface area contributed by atoms with Crippen molar-refractivity contribution in [1.82, 2.24) is 19.2 Å². The van der Waals surface area contributed by atoms with Crippen molar-refractivity contribution in [3.8, 4) is 0 Å². The Kier molecular flexibility index (Phi) is 4.52. The zero-order valence-corrected chi connectivity index (χ0v) is 17.3. The Bertz CT molecular complexity index is 1160. The summed E-state index contributed by atoms with van der Waals surface area (Å²) in [5, 5.41) is 4.59. The van der Waals surface area contributed by atoms with E-state index in [9.17, 15) is 9.59 Å². The molecule has 1 fully saturated rings. The maximum absolute atomic E-state index is 12.8. The molecule has 0 radical (unpaired) electrons. The second-order valence-electron chi connectivity index (χ2n) is 8.41. The van der Waals surface area contributed by atoms with Gasteiger partial charge in [-0.15, -0.1) is 11.3 Å². The molecule has 2 aliphatic rings. The smallest absolute Gasteiger partial charge is 0.298 e. The van der Waals surface area contributed by atoms with Crippen LogP contribution in [0.25, 0.3) is 0 Å². The topological polar surface area (TPSA) is 60.1 Å². The monoisotopic (exact) mass is 408 g/mol. The maximum atomic E-state index is 12.8. The molecule has 4 heterocycles. The van der Waals surface area contributed by atoms with Gasteiger partial charge in [0.05, 0.1) is 6.54 Å². The lowest BCUT2D eigenvalue weighted by molar-refractivity contribution is 0.247. The van der Waals surface area contributed by atoms with Crippen LogP contribution in [0.15, 0.2) is 52.1 Å². The summed E-state index contributed by atoms with van der Waals surface area (Å²) in [6.07, 6.45) is 1.80. The minimum absolute atomic E-state index is 0.0177. The number of fused-ring (bicyclic) bond motifs is 1. The average Bonchev–Trinajstić information content (AvgIpc) is 3.40. The van der Waals surface area contributed by atoms with Crippen LogP contribution in [-0.4, -0.2) is 32.3 Å². The molecule has 0 N–H and O–H groups in total. The molecule has 29 heavy (non-hydrogen) atoms. The Balaban J connectivity index is 1.37. The van der Waals surface area contributed by atoms with Gasteiger partial charge in [-0.1, -0.05) is 30.3 Å². The molecule has 6 nitrogen and oxygen atoms in total. The Hall–Kier alpha value is -2.51. The van der Waals surface area contributed by atoms with Crippen molar-refractivity contribution in [2.75, 3.05) is 13.1 Å². The van der Waals surface area contributed by atoms with Gasteiger partial charge in [-0.2, -0.15) is 5.10 Å². The standard InChI is InChI=1S/C22H24N4O2S/c1-16-7-8-18(29-16)13-24-10-9-22(14-24)11-19-23-26(12-17-5-3-2-4-6-17)21(28)20(27)25(19)15-22/h2-8H,9-15H2,1H3. The largest absolute Gasteiger partial charge is 0.332 e. The van der Waals surface area contributed by atoms with Gasteiger partial charge in [-0.3, -0.25) is 19.1 Å². The van der Waals surface area contributed by atoms with Gasteiger partial charge in [0.15, 0.2) is 0 Å². The molecule has 5 rings (SSSR count). The molecule has 2 aliphatic heterocycles. The quantitative estimate of drug-likeness (QED) is 0.622. The first-order valence-electron chi connectivity index (χ1n) is 10.0. The summed E-state index contributed by atoms with van der Waals surface area (Å²) >= 11 is 1.85. The lowest BCUT2D eigenvalue weighted by Gasteiger charge is -2.22. The van der Waals surface area contributed by atoms with Crippen molar-refractivity contribution >= 4 is 11.3 Å². The van der Waals surface area contributed by atoms with Crippen LogP contribution >= 0.6 is 11.3 Å². The van der Waals surface area contributed by atoms with Gasteiger partial charge in [-0.25, -0.2) is 4.68 Å². The first-order chi connectivity index (χ1) is 14.0. The van der Waals surface area contributed by atoms with Crippen LogP contribution in [0.4, 0.5) is 0 Å². The Morgan fingerprint density at radius 1 is 1.03 bits per heavy atom. The van der Waals surface area contributed by atoms with Gasteiger partial charge in [0, 0.05) is 41.2 Å². The van der Waals surface area contributed by atoms with E-state index in [1.54, 1.807) is 4.57 Å². The van der Waals surface area contributed by atoms with E-state index in [1.807, 2.05) is 41.7 Å². The molecule has 150 valence electrons. The first-order valence-corrected chi connectivity index (χ1v) is 10.9. The highest BCUT2D eigenvalue weighted by molar-refractivity contribution is 7.11. The summed E-state index contributed by atoms with van der Waals surface area (Å²) in [6, 6.07) is 14.1. The van der Waals surface area contributed by atoms with E-state index in [2.05, 4.69) is 29.1 Å². The van der Waals surface area contributed by atoms with Crippen LogP contribution in [-0.2, 0) is 26.1 Å². The molecule has 0 saturated carbocycles. The minimum Gasteiger partial charge on any atom is -0.298 e. The minimum atomic E-state index is -0.529. The summed E-state index contributed by atoms with van der Waals surface area (Å²) in [5.41, 5.74) is 0.0234. The van der Waals surface area contributed by atoms with E-state index < -0.39 is 11.1 Å². The third-order valence-corrected chi connectivity index (χ3v) is 7.09. The van der Waals surface area contributed by atoms with Crippen LogP contribution in [0.3, 0.4) is 0 Å². The number of aromatic nitrogens is 3. The summed E-state index contributed by atoms with van der Waals surface area (Å²) in [5.74, 6) is 0.749. The lowest BCUT2D eigenvalue weighted by Crippen LogP contribution is -2.43. The molecule has 7 heteroatoms. The van der Waals surface area contributed by atoms with Gasteiger partial charge < -0.3 is 0 Å². The SMILES string of the molecule is Cc1ccc(CN2CCC3(Cc4nn(Cc5ccccc5)c(=O)c(=O)n4C3)C2)s1. The zero-order valence-electron chi connectivity index (χ0n) is 16.5. The second-order valence-corrected chi connectivity index (χ2v) is 9.78. The second kappa shape index (κ2) is 7.07. The number of aryl methyl sites for hydroxylation is 1. The van der Waals surface area contributed by atoms with E-state index in [1.165, 1.54) is 14.4 Å². The number of rotatable bonds is 4. The van der Waals surface area contributed by atoms with Crippen LogP contribution in [0, 0.1) is 12.3 Å². The highest BCUT2D eigenvalue weighted by atomic mass is 32.1. The molecule has 0 bridgehead atoms. The lowest BCUT2D eigenvalue weighted by atomic mass is 9.86. The Labute approximate surface area is 173 Å². The molecule has 1 aromatic carbocycles. The van der Waals surface area contributed by atoms with Gasteiger partial charge in [0.25, 0.3) is 0 Å². The number of likely N-dealkylation sites (tertiary alicyclic amines) is 1. The highest BCUT2D eigenvalue weighted by Gasteiger charge is 2.44. The van der Waals surface area contributed by atoms with Crippen molar-refractivity contribution in [3.63, 3.8) is 0 Å². The van der Waals surface area contributed by atoms with Crippen LogP contribution < -0.4 is 11.1 Å². The number of thiophene rings is 1. The van der Waals surface area contributed by atoms with E-state index in [0.29, 0.717) is 13.1 Å². The van der Waals surface area contributed by atoms with Crippen molar-refractivity contribution in [1.29, 1.82) is 0 Å². The first kappa shape index (κ1) is 18.5.